The first-order chi connectivity index (χ1) is 7.41. The molecule has 0 aromatic heterocycles. The summed E-state index contributed by atoms with van der Waals surface area (Å²) < 4.78 is 25.8. The Morgan fingerprint density at radius 1 is 1.44 bits per heavy atom. The average Bonchev–Trinajstić information content (AvgIpc) is 2.16. The maximum Gasteiger partial charge on any atom is 0.306 e. The van der Waals surface area contributed by atoms with Gasteiger partial charge in [-0.05, 0) is 12.5 Å². The van der Waals surface area contributed by atoms with E-state index >= 15 is 0 Å². The number of rotatable bonds is 4. The number of carboxylic acids is 1. The largest absolute Gasteiger partial charge is 0.481 e. The minimum absolute atomic E-state index is 0.0884. The molecule has 5 heteroatoms. The molecule has 0 radical (unpaired) electrons. The van der Waals surface area contributed by atoms with Crippen LogP contribution in [0.3, 0.4) is 0 Å². The topological polar surface area (TPSA) is 57.5 Å². The maximum atomic E-state index is 13.2. The molecule has 2 unspecified atom stereocenters. The van der Waals surface area contributed by atoms with Crippen molar-refractivity contribution >= 4 is 5.97 Å². The summed E-state index contributed by atoms with van der Waals surface area (Å²) in [5.41, 5.74) is -0.0884. The second kappa shape index (κ2) is 5.03. The van der Waals surface area contributed by atoms with E-state index in [1.54, 1.807) is 0 Å². The van der Waals surface area contributed by atoms with Gasteiger partial charge in [-0.2, -0.15) is 0 Å². The highest BCUT2D eigenvalue weighted by atomic mass is 19.1. The molecule has 1 rings (SSSR count). The number of aliphatic hydroxyl groups is 1. The van der Waals surface area contributed by atoms with Gasteiger partial charge in [0, 0.05) is 11.6 Å². The first-order valence-electron chi connectivity index (χ1n) is 4.77. The van der Waals surface area contributed by atoms with E-state index < -0.39 is 29.6 Å². The standard InChI is InChI=1S/C11H12F2O3/c1-6(11(15)16)4-10(14)8-3-2-7(12)5-9(8)13/h2-3,5-6,10,14H,4H2,1H3,(H,15,16). The molecule has 0 fully saturated rings. The fraction of sp³-hybridized carbons (Fsp3) is 0.364. The Bertz CT molecular complexity index is 393. The molecule has 0 aliphatic heterocycles. The van der Waals surface area contributed by atoms with Crippen LogP contribution in [0.4, 0.5) is 8.78 Å². The Morgan fingerprint density at radius 2 is 2.06 bits per heavy atom. The SMILES string of the molecule is CC(CC(O)c1ccc(F)cc1F)C(=O)O. The lowest BCUT2D eigenvalue weighted by Crippen LogP contribution is -2.14. The van der Waals surface area contributed by atoms with Gasteiger partial charge >= 0.3 is 5.97 Å². The number of aliphatic hydroxyl groups excluding tert-OH is 1. The number of aliphatic carboxylic acids is 1. The molecule has 88 valence electrons. The Kier molecular flexibility index (Phi) is 3.95. The number of carboxylic acid groups (broad SMARTS) is 1. The molecule has 0 spiro atoms. The van der Waals surface area contributed by atoms with Crippen LogP contribution in [-0.4, -0.2) is 16.2 Å². The second-order valence-corrected chi connectivity index (χ2v) is 3.66. The lowest BCUT2D eigenvalue weighted by atomic mass is 9.98. The van der Waals surface area contributed by atoms with Gasteiger partial charge in [0.25, 0.3) is 0 Å². The van der Waals surface area contributed by atoms with Gasteiger partial charge in [0.2, 0.25) is 0 Å². The Hall–Kier alpha value is -1.49. The molecular formula is C11H12F2O3. The molecule has 0 saturated heterocycles. The lowest BCUT2D eigenvalue weighted by molar-refractivity contribution is -0.142. The minimum atomic E-state index is -1.24. The number of benzene rings is 1. The van der Waals surface area contributed by atoms with E-state index in [-0.39, 0.29) is 12.0 Å². The third kappa shape index (κ3) is 3.00. The molecule has 16 heavy (non-hydrogen) atoms. The van der Waals surface area contributed by atoms with Crippen molar-refractivity contribution < 1.29 is 23.8 Å². The van der Waals surface area contributed by atoms with Gasteiger partial charge in [0.1, 0.15) is 11.6 Å². The van der Waals surface area contributed by atoms with Gasteiger partial charge in [0.15, 0.2) is 0 Å². The summed E-state index contributed by atoms with van der Waals surface area (Å²) in [6.07, 6.45) is -1.36. The van der Waals surface area contributed by atoms with Crippen molar-refractivity contribution in [1.82, 2.24) is 0 Å². The van der Waals surface area contributed by atoms with Crippen LogP contribution in [0, 0.1) is 17.6 Å². The van der Waals surface area contributed by atoms with Crippen LogP contribution in [0.5, 0.6) is 0 Å². The fourth-order valence-corrected chi connectivity index (χ4v) is 1.33. The highest BCUT2D eigenvalue weighted by Gasteiger charge is 2.20. The van der Waals surface area contributed by atoms with Crippen LogP contribution in [0.2, 0.25) is 0 Å². The van der Waals surface area contributed by atoms with Crippen molar-refractivity contribution in [3.8, 4) is 0 Å². The first kappa shape index (κ1) is 12.6. The molecule has 0 bridgehead atoms. The van der Waals surface area contributed by atoms with Crippen LogP contribution in [0.1, 0.15) is 25.0 Å². The van der Waals surface area contributed by atoms with Crippen LogP contribution in [0.25, 0.3) is 0 Å². The van der Waals surface area contributed by atoms with E-state index in [0.717, 1.165) is 12.1 Å². The maximum absolute atomic E-state index is 13.2. The Morgan fingerprint density at radius 3 is 2.56 bits per heavy atom. The third-order valence-electron chi connectivity index (χ3n) is 2.32. The van der Waals surface area contributed by atoms with Gasteiger partial charge in [-0.1, -0.05) is 13.0 Å². The van der Waals surface area contributed by atoms with Gasteiger partial charge in [0.05, 0.1) is 12.0 Å². The average molecular weight is 230 g/mol. The molecule has 2 atom stereocenters. The van der Waals surface area contributed by atoms with Crippen molar-refractivity contribution in [3.63, 3.8) is 0 Å². The Labute approximate surface area is 91.3 Å². The second-order valence-electron chi connectivity index (χ2n) is 3.66. The molecule has 0 heterocycles. The van der Waals surface area contributed by atoms with Crippen molar-refractivity contribution in [3.05, 3.63) is 35.4 Å². The zero-order valence-electron chi connectivity index (χ0n) is 8.65. The van der Waals surface area contributed by atoms with Crippen molar-refractivity contribution in [1.29, 1.82) is 0 Å². The molecule has 3 nitrogen and oxygen atoms in total. The van der Waals surface area contributed by atoms with E-state index in [1.807, 2.05) is 0 Å². The summed E-state index contributed by atoms with van der Waals surface area (Å²) in [4.78, 5) is 10.5. The van der Waals surface area contributed by atoms with Crippen molar-refractivity contribution in [2.45, 2.75) is 19.4 Å². The van der Waals surface area contributed by atoms with Crippen LogP contribution in [0.15, 0.2) is 18.2 Å². The molecule has 0 saturated carbocycles. The first-order valence-corrected chi connectivity index (χ1v) is 4.77. The minimum Gasteiger partial charge on any atom is -0.481 e. The van der Waals surface area contributed by atoms with E-state index in [0.29, 0.717) is 6.07 Å². The van der Waals surface area contributed by atoms with Gasteiger partial charge < -0.3 is 10.2 Å². The van der Waals surface area contributed by atoms with Crippen LogP contribution >= 0.6 is 0 Å². The molecule has 2 N–H and O–H groups in total. The highest BCUT2D eigenvalue weighted by Crippen LogP contribution is 2.24. The number of hydrogen-bond donors (Lipinski definition) is 2. The van der Waals surface area contributed by atoms with Crippen LogP contribution in [-0.2, 0) is 4.79 Å². The Balaban J connectivity index is 2.80. The van der Waals surface area contributed by atoms with Gasteiger partial charge in [-0.25, -0.2) is 8.78 Å². The van der Waals surface area contributed by atoms with E-state index in [9.17, 15) is 18.7 Å². The molecule has 1 aromatic carbocycles. The number of hydrogen-bond acceptors (Lipinski definition) is 2. The highest BCUT2D eigenvalue weighted by molar-refractivity contribution is 5.69. The monoisotopic (exact) mass is 230 g/mol. The quantitative estimate of drug-likeness (QED) is 0.832. The lowest BCUT2D eigenvalue weighted by Gasteiger charge is -2.14. The summed E-state index contributed by atoms with van der Waals surface area (Å²) in [6, 6.07) is 2.79. The summed E-state index contributed by atoms with van der Waals surface area (Å²) in [6.45, 7) is 1.41. The molecule has 0 amide bonds. The summed E-state index contributed by atoms with van der Waals surface area (Å²) >= 11 is 0. The number of halogens is 2. The summed E-state index contributed by atoms with van der Waals surface area (Å²) in [5.74, 6) is -3.47. The third-order valence-corrected chi connectivity index (χ3v) is 2.32. The summed E-state index contributed by atoms with van der Waals surface area (Å²) in [5, 5.41) is 18.2. The van der Waals surface area contributed by atoms with Gasteiger partial charge in [-0.15, -0.1) is 0 Å². The molecule has 1 aromatic rings. The summed E-state index contributed by atoms with van der Waals surface area (Å²) in [7, 11) is 0. The number of carbonyl (C=O) groups is 1. The fourth-order valence-electron chi connectivity index (χ4n) is 1.33. The van der Waals surface area contributed by atoms with Crippen molar-refractivity contribution in [2.24, 2.45) is 5.92 Å². The normalized spacial score (nSPS) is 14.5. The van der Waals surface area contributed by atoms with E-state index in [1.165, 1.54) is 6.92 Å². The zero-order chi connectivity index (χ0) is 12.3. The predicted molar refractivity (Wildman–Crippen MR) is 52.7 cm³/mol. The molecule has 0 aliphatic carbocycles. The molecule has 0 aliphatic rings. The molecular weight excluding hydrogens is 218 g/mol. The van der Waals surface area contributed by atoms with E-state index in [4.69, 9.17) is 5.11 Å². The van der Waals surface area contributed by atoms with Crippen LogP contribution < -0.4 is 0 Å². The van der Waals surface area contributed by atoms with Gasteiger partial charge in [-0.3, -0.25) is 4.79 Å². The van der Waals surface area contributed by atoms with Crippen molar-refractivity contribution in [2.75, 3.05) is 0 Å². The predicted octanol–water partition coefficient (Wildman–Crippen LogP) is 2.11. The van der Waals surface area contributed by atoms with E-state index in [2.05, 4.69) is 0 Å². The smallest absolute Gasteiger partial charge is 0.306 e. The zero-order valence-corrected chi connectivity index (χ0v) is 8.65.